The molecule has 0 spiro atoms. The first-order chi connectivity index (χ1) is 10.6. The van der Waals surface area contributed by atoms with Crippen molar-refractivity contribution in [1.29, 1.82) is 0 Å². The van der Waals surface area contributed by atoms with Gasteiger partial charge in [-0.15, -0.1) is 0 Å². The Kier molecular flexibility index (Phi) is 8.59. The molecule has 10 N–H and O–H groups in total. The van der Waals surface area contributed by atoms with Gasteiger partial charge in [-0.2, -0.15) is 0 Å². The van der Waals surface area contributed by atoms with Gasteiger partial charge in [-0.05, 0) is 24.3 Å². The largest absolute Gasteiger partial charge is 0.478 e. The van der Waals surface area contributed by atoms with Gasteiger partial charge in [0.1, 0.15) is 0 Å². The first-order valence-electron chi connectivity index (χ1n) is 5.63. The molecule has 0 radical (unpaired) electrons. The van der Waals surface area contributed by atoms with E-state index in [0.717, 1.165) is 0 Å². The van der Waals surface area contributed by atoms with Crippen LogP contribution in [0.15, 0.2) is 36.7 Å². The highest BCUT2D eigenvalue weighted by Gasteiger charge is 2.07. The maximum atomic E-state index is 10.6. The zero-order valence-electron chi connectivity index (χ0n) is 11.4. The van der Waals surface area contributed by atoms with E-state index in [-0.39, 0.29) is 11.1 Å². The van der Waals surface area contributed by atoms with E-state index >= 15 is 0 Å². The molecule has 0 aliphatic heterocycles. The van der Waals surface area contributed by atoms with Gasteiger partial charge < -0.3 is 10.2 Å². The van der Waals surface area contributed by atoms with Crippen LogP contribution in [-0.2, 0) is 0 Å². The van der Waals surface area contributed by atoms with E-state index in [1.54, 1.807) is 0 Å². The van der Waals surface area contributed by atoms with Crippen molar-refractivity contribution < 1.29 is 19.8 Å². The minimum absolute atomic E-state index is 0.0842. The number of nitrogens with zero attached hydrogens (tertiary/aromatic N) is 2. The fourth-order valence-electron chi connectivity index (χ4n) is 1.34. The second kappa shape index (κ2) is 9.90. The normalized spacial score (nSPS) is 8.73. The van der Waals surface area contributed by atoms with Crippen molar-refractivity contribution in [3.63, 3.8) is 0 Å². The van der Waals surface area contributed by atoms with E-state index in [1.807, 2.05) is 0 Å². The van der Waals surface area contributed by atoms with Crippen LogP contribution in [0.3, 0.4) is 0 Å². The standard InChI is InChI=1S/C12H8N2O4.2H4N2/c15-11(16)7-1-3-9(13-5-7)10-4-2-8(6-14-10)12(17)18;2*1-2/h1-6H,(H,15,16)(H,17,18);2*1-2H2. The molecule has 10 nitrogen and oxygen atoms in total. The molecule has 0 fully saturated rings. The zero-order chi connectivity index (χ0) is 17.1. The molecule has 0 saturated carbocycles. The number of carbonyl (C=O) groups is 2. The Morgan fingerprint density at radius 2 is 1.05 bits per heavy atom. The predicted molar refractivity (Wildman–Crippen MR) is 78.1 cm³/mol. The topological polar surface area (TPSA) is 204 Å². The highest BCUT2D eigenvalue weighted by Crippen LogP contribution is 2.14. The fraction of sp³-hybridized carbons (Fsp3) is 0. The van der Waals surface area contributed by atoms with Gasteiger partial charge in [-0.1, -0.05) is 0 Å². The molecular weight excluding hydrogens is 292 g/mol. The van der Waals surface area contributed by atoms with E-state index in [4.69, 9.17) is 10.2 Å². The minimum Gasteiger partial charge on any atom is -0.478 e. The van der Waals surface area contributed by atoms with Crippen LogP contribution in [0, 0.1) is 0 Å². The van der Waals surface area contributed by atoms with Crippen molar-refractivity contribution in [2.45, 2.75) is 0 Å². The summed E-state index contributed by atoms with van der Waals surface area (Å²) in [5, 5.41) is 17.4. The van der Waals surface area contributed by atoms with Gasteiger partial charge in [-0.25, -0.2) is 9.59 Å². The first-order valence-corrected chi connectivity index (χ1v) is 5.63. The number of pyridine rings is 2. The Labute approximate surface area is 125 Å². The summed E-state index contributed by atoms with van der Waals surface area (Å²) in [6, 6.07) is 5.87. The van der Waals surface area contributed by atoms with Crippen molar-refractivity contribution in [3.05, 3.63) is 47.8 Å². The smallest absolute Gasteiger partial charge is 0.337 e. The highest BCUT2D eigenvalue weighted by molar-refractivity contribution is 5.88. The third-order valence-electron chi connectivity index (χ3n) is 2.28. The molecule has 0 bridgehead atoms. The molecule has 2 rings (SSSR count). The Balaban J connectivity index is 0.00000102. The molecular formula is C12H16N6O4. The molecule has 2 heterocycles. The summed E-state index contributed by atoms with van der Waals surface area (Å²) < 4.78 is 0. The van der Waals surface area contributed by atoms with Crippen molar-refractivity contribution in [2.75, 3.05) is 0 Å². The van der Waals surface area contributed by atoms with Crippen LogP contribution < -0.4 is 23.4 Å². The van der Waals surface area contributed by atoms with E-state index in [1.165, 1.54) is 36.7 Å². The molecule has 0 aliphatic carbocycles. The van der Waals surface area contributed by atoms with Crippen LogP contribution in [0.4, 0.5) is 0 Å². The average Bonchev–Trinajstić information content (AvgIpc) is 2.58. The van der Waals surface area contributed by atoms with Crippen LogP contribution in [0.2, 0.25) is 0 Å². The minimum atomic E-state index is -1.05. The van der Waals surface area contributed by atoms with Crippen LogP contribution in [0.5, 0.6) is 0 Å². The third kappa shape index (κ3) is 5.22. The number of rotatable bonds is 3. The maximum absolute atomic E-state index is 10.6. The van der Waals surface area contributed by atoms with Gasteiger partial charge in [0, 0.05) is 12.4 Å². The summed E-state index contributed by atoms with van der Waals surface area (Å²) in [5.41, 5.74) is 1.13. The molecule has 0 aliphatic rings. The van der Waals surface area contributed by atoms with Crippen LogP contribution in [-0.4, -0.2) is 32.1 Å². The monoisotopic (exact) mass is 308 g/mol. The molecule has 0 atom stereocenters. The van der Waals surface area contributed by atoms with Crippen molar-refractivity contribution >= 4 is 11.9 Å². The Morgan fingerprint density at radius 3 is 1.23 bits per heavy atom. The number of aromatic nitrogens is 2. The summed E-state index contributed by atoms with van der Waals surface area (Å²) in [7, 11) is 0. The van der Waals surface area contributed by atoms with Gasteiger partial charge in [0.2, 0.25) is 0 Å². The van der Waals surface area contributed by atoms with Crippen molar-refractivity contribution in [3.8, 4) is 11.4 Å². The lowest BCUT2D eigenvalue weighted by Gasteiger charge is -2.01. The molecule has 0 saturated heterocycles. The Morgan fingerprint density at radius 1 is 0.727 bits per heavy atom. The first kappa shape index (κ1) is 19.1. The highest BCUT2D eigenvalue weighted by atomic mass is 16.4. The Bertz CT molecular complexity index is 545. The summed E-state index contributed by atoms with van der Waals surface area (Å²) in [6.07, 6.45) is 2.45. The number of hydrazine groups is 2. The molecule has 22 heavy (non-hydrogen) atoms. The van der Waals surface area contributed by atoms with Crippen molar-refractivity contribution in [2.24, 2.45) is 23.4 Å². The van der Waals surface area contributed by atoms with Gasteiger partial charge >= 0.3 is 11.9 Å². The molecule has 0 unspecified atom stereocenters. The van der Waals surface area contributed by atoms with E-state index in [2.05, 4.69) is 33.3 Å². The maximum Gasteiger partial charge on any atom is 0.337 e. The van der Waals surface area contributed by atoms with Gasteiger partial charge in [0.25, 0.3) is 0 Å². The van der Waals surface area contributed by atoms with Crippen LogP contribution >= 0.6 is 0 Å². The van der Waals surface area contributed by atoms with Gasteiger partial charge in [0.05, 0.1) is 22.5 Å². The third-order valence-corrected chi connectivity index (χ3v) is 2.28. The fourth-order valence-corrected chi connectivity index (χ4v) is 1.34. The number of carboxylic acid groups (broad SMARTS) is 2. The lowest BCUT2D eigenvalue weighted by atomic mass is 10.2. The lowest BCUT2D eigenvalue weighted by molar-refractivity contribution is 0.0685. The number of aromatic carboxylic acids is 2. The summed E-state index contributed by atoms with van der Waals surface area (Å²) in [4.78, 5) is 29.2. The number of nitrogens with two attached hydrogens (primary N) is 4. The number of carboxylic acids is 2. The number of hydrogen-bond donors (Lipinski definition) is 6. The molecule has 0 aromatic carbocycles. The van der Waals surface area contributed by atoms with Gasteiger partial charge in [-0.3, -0.25) is 33.3 Å². The number of hydrogen-bond acceptors (Lipinski definition) is 8. The second-order valence-electron chi connectivity index (χ2n) is 3.47. The van der Waals surface area contributed by atoms with Crippen LogP contribution in [0.25, 0.3) is 11.4 Å². The zero-order valence-corrected chi connectivity index (χ0v) is 11.4. The molecule has 10 heteroatoms. The molecule has 0 amide bonds. The molecule has 2 aromatic heterocycles. The van der Waals surface area contributed by atoms with E-state index < -0.39 is 11.9 Å². The predicted octanol–water partition coefficient (Wildman–Crippen LogP) is -0.822. The van der Waals surface area contributed by atoms with Crippen molar-refractivity contribution in [1.82, 2.24) is 9.97 Å². The van der Waals surface area contributed by atoms with Crippen LogP contribution in [0.1, 0.15) is 20.7 Å². The second-order valence-corrected chi connectivity index (χ2v) is 3.47. The quantitative estimate of drug-likeness (QED) is 0.306. The SMILES string of the molecule is NN.NN.O=C(O)c1ccc(-c2ccc(C(=O)O)cn2)nc1. The summed E-state index contributed by atoms with van der Waals surface area (Å²) in [5.74, 6) is 13.9. The molecule has 118 valence electrons. The van der Waals surface area contributed by atoms with E-state index in [9.17, 15) is 9.59 Å². The summed E-state index contributed by atoms with van der Waals surface area (Å²) in [6.45, 7) is 0. The summed E-state index contributed by atoms with van der Waals surface area (Å²) >= 11 is 0. The molecule has 2 aromatic rings. The average molecular weight is 308 g/mol. The lowest BCUT2D eigenvalue weighted by Crippen LogP contribution is -2.02. The van der Waals surface area contributed by atoms with Gasteiger partial charge in [0.15, 0.2) is 0 Å². The Hall–Kier alpha value is -2.92. The van der Waals surface area contributed by atoms with E-state index in [0.29, 0.717) is 11.4 Å².